The van der Waals surface area contributed by atoms with Gasteiger partial charge in [0.15, 0.2) is 6.29 Å². The maximum Gasteiger partial charge on any atom is 0.330 e. The molecule has 1 saturated heterocycles. The van der Waals surface area contributed by atoms with Crippen LogP contribution in [0, 0.1) is 6.92 Å². The number of hydrogen-bond donors (Lipinski definition) is 1. The number of piperidine rings is 1. The Balaban J connectivity index is 1.66. The molecule has 0 spiro atoms. The van der Waals surface area contributed by atoms with Crippen LogP contribution < -0.4 is 20.0 Å². The minimum absolute atomic E-state index is 0.132. The highest BCUT2D eigenvalue weighted by Gasteiger charge is 2.33. The van der Waals surface area contributed by atoms with E-state index < -0.39 is 6.10 Å². The fourth-order valence-corrected chi connectivity index (χ4v) is 4.37. The van der Waals surface area contributed by atoms with E-state index in [9.17, 15) is 9.59 Å². The first kappa shape index (κ1) is 22.2. The predicted octanol–water partition coefficient (Wildman–Crippen LogP) is 2.13. The molecule has 4 rings (SSSR count). The summed E-state index contributed by atoms with van der Waals surface area (Å²) in [6.07, 6.45) is 3.88. The normalized spacial score (nSPS) is 17.8. The van der Waals surface area contributed by atoms with Crippen LogP contribution in [0.3, 0.4) is 0 Å². The second kappa shape index (κ2) is 9.62. The molecule has 1 unspecified atom stereocenters. The van der Waals surface area contributed by atoms with E-state index in [4.69, 9.17) is 9.72 Å². The van der Waals surface area contributed by atoms with Gasteiger partial charge in [-0.3, -0.25) is 9.80 Å². The molecule has 170 valence electrons. The van der Waals surface area contributed by atoms with Gasteiger partial charge in [0.2, 0.25) is 5.95 Å². The second-order valence-electron chi connectivity index (χ2n) is 8.28. The van der Waals surface area contributed by atoms with Crippen LogP contribution in [0.15, 0.2) is 30.5 Å². The fraction of sp³-hybridized carbons (Fsp3) is 0.478. The lowest BCUT2D eigenvalue weighted by molar-refractivity contribution is -0.116. The van der Waals surface area contributed by atoms with Gasteiger partial charge in [0, 0.05) is 37.6 Å². The minimum Gasteiger partial charge on any atom is -0.372 e. The van der Waals surface area contributed by atoms with Crippen molar-refractivity contribution >= 4 is 29.8 Å². The Morgan fingerprint density at radius 2 is 2.06 bits per heavy atom. The van der Waals surface area contributed by atoms with Gasteiger partial charge >= 0.3 is 6.03 Å². The summed E-state index contributed by atoms with van der Waals surface area (Å²) in [6.45, 7) is 4.57. The van der Waals surface area contributed by atoms with Gasteiger partial charge < -0.3 is 19.7 Å². The molecule has 1 aromatic heterocycles. The van der Waals surface area contributed by atoms with Crippen molar-refractivity contribution in [1.82, 2.24) is 15.3 Å². The van der Waals surface area contributed by atoms with Gasteiger partial charge in [-0.25, -0.2) is 9.78 Å². The van der Waals surface area contributed by atoms with Gasteiger partial charge in [-0.05, 0) is 44.5 Å². The van der Waals surface area contributed by atoms with Crippen molar-refractivity contribution in [1.29, 1.82) is 0 Å². The molecule has 9 heteroatoms. The molecule has 1 atom stereocenters. The third kappa shape index (κ3) is 4.31. The molecule has 0 aliphatic carbocycles. The minimum atomic E-state index is -0.569. The van der Waals surface area contributed by atoms with Gasteiger partial charge in [0.05, 0.1) is 13.1 Å². The number of amides is 2. The Morgan fingerprint density at radius 3 is 2.75 bits per heavy atom. The molecule has 1 fully saturated rings. The molecule has 32 heavy (non-hydrogen) atoms. The Morgan fingerprint density at radius 1 is 1.31 bits per heavy atom. The van der Waals surface area contributed by atoms with Gasteiger partial charge in [-0.15, -0.1) is 0 Å². The number of urea groups is 1. The summed E-state index contributed by atoms with van der Waals surface area (Å²) in [5, 5.41) is 3.36. The first-order chi connectivity index (χ1) is 15.5. The van der Waals surface area contributed by atoms with E-state index in [1.54, 1.807) is 23.0 Å². The number of rotatable bonds is 7. The molecule has 1 N–H and O–H groups in total. The first-order valence-electron chi connectivity index (χ1n) is 11.0. The van der Waals surface area contributed by atoms with E-state index in [1.807, 2.05) is 31.2 Å². The number of nitrogens with one attached hydrogen (secondary N) is 1. The monoisotopic (exact) mass is 438 g/mol. The number of fused-ring (bicyclic) bond motifs is 1. The van der Waals surface area contributed by atoms with Crippen molar-refractivity contribution in [3.05, 3.63) is 41.6 Å². The maximum atomic E-state index is 13.2. The number of nitrogens with zero attached hydrogens (tertiary/aromatic N) is 5. The fourth-order valence-electron chi connectivity index (χ4n) is 4.37. The molecule has 9 nitrogen and oxygen atoms in total. The van der Waals surface area contributed by atoms with Crippen molar-refractivity contribution in [3.63, 3.8) is 0 Å². The number of anilines is 3. The highest BCUT2D eigenvalue weighted by atomic mass is 16.5. The molecule has 2 aromatic rings. The zero-order chi connectivity index (χ0) is 22.7. The van der Waals surface area contributed by atoms with E-state index in [0.29, 0.717) is 24.9 Å². The zero-order valence-electron chi connectivity index (χ0n) is 18.8. The average molecular weight is 439 g/mol. The summed E-state index contributed by atoms with van der Waals surface area (Å²) in [5.41, 5.74) is 2.79. The Hall–Kier alpha value is -3.04. The summed E-state index contributed by atoms with van der Waals surface area (Å²) < 4.78 is 5.32. The number of aryl methyl sites for hydroxylation is 1. The van der Waals surface area contributed by atoms with Crippen LogP contribution in [0.1, 0.15) is 24.0 Å². The average Bonchev–Trinajstić information content (AvgIpc) is 2.83. The third-order valence-electron chi connectivity index (χ3n) is 6.24. The van der Waals surface area contributed by atoms with Crippen LogP contribution in [0.5, 0.6) is 0 Å². The van der Waals surface area contributed by atoms with Gasteiger partial charge in [-0.1, -0.05) is 18.2 Å². The van der Waals surface area contributed by atoms with Crippen molar-refractivity contribution < 1.29 is 14.3 Å². The SMILES string of the molecule is COC(C=O)CN(c1ncc2c(n1)N(C)C(=O)N(c1ccccc1C)C2)C1CCNCC1. The molecule has 2 amide bonds. The summed E-state index contributed by atoms with van der Waals surface area (Å²) in [5.74, 6) is 1.12. The maximum absolute atomic E-state index is 13.2. The van der Waals surface area contributed by atoms with Gasteiger partial charge in [0.1, 0.15) is 11.9 Å². The molecule has 3 heterocycles. The third-order valence-corrected chi connectivity index (χ3v) is 6.24. The summed E-state index contributed by atoms with van der Waals surface area (Å²) in [6, 6.07) is 7.90. The van der Waals surface area contributed by atoms with Crippen LogP contribution in [0.25, 0.3) is 0 Å². The van der Waals surface area contributed by atoms with Crippen LogP contribution in [-0.4, -0.2) is 68.2 Å². The summed E-state index contributed by atoms with van der Waals surface area (Å²) in [4.78, 5) is 39.5. The number of hydrogen-bond acceptors (Lipinski definition) is 7. The van der Waals surface area contributed by atoms with Crippen molar-refractivity contribution in [2.24, 2.45) is 0 Å². The van der Waals surface area contributed by atoms with Crippen molar-refractivity contribution in [2.75, 3.05) is 48.5 Å². The van der Waals surface area contributed by atoms with E-state index in [-0.39, 0.29) is 12.1 Å². The zero-order valence-corrected chi connectivity index (χ0v) is 18.8. The van der Waals surface area contributed by atoms with Crippen molar-refractivity contribution in [2.45, 2.75) is 38.5 Å². The standard InChI is InChI=1S/C23H30N6O3/c1-16-6-4-5-7-20(16)29-13-17-12-25-22(26-21(17)27(2)23(29)31)28(14-19(15-30)32-3)18-8-10-24-11-9-18/h4-7,12,15,18-19,24H,8-11,13-14H2,1-3H3. The quantitative estimate of drug-likeness (QED) is 0.662. The Kier molecular flexibility index (Phi) is 6.66. The largest absolute Gasteiger partial charge is 0.372 e. The van der Waals surface area contributed by atoms with E-state index in [0.717, 1.165) is 49.0 Å². The van der Waals surface area contributed by atoms with Crippen molar-refractivity contribution in [3.8, 4) is 0 Å². The van der Waals surface area contributed by atoms with Gasteiger partial charge in [-0.2, -0.15) is 4.98 Å². The molecule has 2 aliphatic heterocycles. The predicted molar refractivity (Wildman–Crippen MR) is 123 cm³/mol. The number of para-hydroxylation sites is 1. The molecular weight excluding hydrogens is 408 g/mol. The van der Waals surface area contributed by atoms with Crippen LogP contribution in [0.2, 0.25) is 0 Å². The molecule has 0 saturated carbocycles. The number of aromatic nitrogens is 2. The number of carbonyl (C=O) groups excluding carboxylic acids is 2. The lowest BCUT2D eigenvalue weighted by atomic mass is 10.0. The van der Waals surface area contributed by atoms with E-state index in [2.05, 4.69) is 15.2 Å². The highest BCUT2D eigenvalue weighted by Crippen LogP contribution is 2.32. The highest BCUT2D eigenvalue weighted by molar-refractivity contribution is 6.05. The topological polar surface area (TPSA) is 90.9 Å². The van der Waals surface area contributed by atoms with E-state index in [1.165, 1.54) is 7.11 Å². The number of methoxy groups -OCH3 is 1. The lowest BCUT2D eigenvalue weighted by Crippen LogP contribution is -2.49. The number of aldehydes is 1. The van der Waals surface area contributed by atoms with Crippen LogP contribution in [-0.2, 0) is 16.1 Å². The number of ether oxygens (including phenoxy) is 1. The Bertz CT molecular complexity index is 978. The molecule has 0 bridgehead atoms. The Labute approximate surface area is 188 Å². The molecule has 1 aromatic carbocycles. The van der Waals surface area contributed by atoms with E-state index >= 15 is 0 Å². The molecule has 0 radical (unpaired) electrons. The molecule has 2 aliphatic rings. The van der Waals surface area contributed by atoms with Crippen LogP contribution >= 0.6 is 0 Å². The lowest BCUT2D eigenvalue weighted by Gasteiger charge is -2.38. The molecular formula is C23H30N6O3. The summed E-state index contributed by atoms with van der Waals surface area (Å²) in [7, 11) is 3.26. The summed E-state index contributed by atoms with van der Waals surface area (Å²) >= 11 is 0. The van der Waals surface area contributed by atoms with Gasteiger partial charge in [0.25, 0.3) is 0 Å². The number of carbonyl (C=O) groups is 2. The second-order valence-corrected chi connectivity index (χ2v) is 8.28. The van der Waals surface area contributed by atoms with Crippen LogP contribution in [0.4, 0.5) is 22.2 Å². The number of benzene rings is 1. The first-order valence-corrected chi connectivity index (χ1v) is 11.0. The smallest absolute Gasteiger partial charge is 0.330 e.